The Morgan fingerprint density at radius 3 is 2.86 bits per heavy atom. The molecular weight excluding hydrogens is 268 g/mol. The van der Waals surface area contributed by atoms with Crippen LogP contribution in [0.1, 0.15) is 41.5 Å². The van der Waals surface area contributed by atoms with Crippen molar-refractivity contribution in [3.05, 3.63) is 41.2 Å². The zero-order valence-electron chi connectivity index (χ0n) is 12.4. The highest BCUT2D eigenvalue weighted by Crippen LogP contribution is 2.23. The summed E-state index contributed by atoms with van der Waals surface area (Å²) in [5.41, 5.74) is 9.01. The summed E-state index contributed by atoms with van der Waals surface area (Å²) < 4.78 is 5.07. The van der Waals surface area contributed by atoms with Gasteiger partial charge in [0.15, 0.2) is 5.69 Å². The van der Waals surface area contributed by atoms with Crippen LogP contribution in [-0.4, -0.2) is 23.2 Å². The molecule has 0 fully saturated rings. The second-order valence-corrected chi connectivity index (χ2v) is 5.14. The van der Waals surface area contributed by atoms with Gasteiger partial charge in [-0.3, -0.25) is 9.89 Å². The summed E-state index contributed by atoms with van der Waals surface area (Å²) in [4.78, 5) is 12.2. The second-order valence-electron chi connectivity index (χ2n) is 5.14. The number of methoxy groups -OCH3 is 1. The van der Waals surface area contributed by atoms with E-state index in [-0.39, 0.29) is 17.5 Å². The molecule has 1 aromatic heterocycles. The van der Waals surface area contributed by atoms with Gasteiger partial charge in [-0.2, -0.15) is 5.10 Å². The van der Waals surface area contributed by atoms with E-state index in [1.54, 1.807) is 7.11 Å². The SMILES string of the molecule is COCc1cccc(NC(=O)c2n[nH]c(C(C)C)c2N)c1. The number of nitrogen functional groups attached to an aromatic ring is 1. The number of carbonyl (C=O) groups is 1. The van der Waals surface area contributed by atoms with Crippen LogP contribution < -0.4 is 11.1 Å². The molecule has 1 amide bonds. The van der Waals surface area contributed by atoms with E-state index in [0.717, 1.165) is 11.3 Å². The van der Waals surface area contributed by atoms with Crippen LogP contribution in [0, 0.1) is 0 Å². The summed E-state index contributed by atoms with van der Waals surface area (Å²) in [5.74, 6) is -0.144. The number of nitrogens with two attached hydrogens (primary N) is 1. The molecule has 0 aliphatic heterocycles. The van der Waals surface area contributed by atoms with Crippen molar-refractivity contribution in [1.82, 2.24) is 10.2 Å². The van der Waals surface area contributed by atoms with Crippen molar-refractivity contribution in [2.75, 3.05) is 18.2 Å². The fraction of sp³-hybridized carbons (Fsp3) is 0.333. The van der Waals surface area contributed by atoms with Gasteiger partial charge in [0.25, 0.3) is 5.91 Å². The van der Waals surface area contributed by atoms with Crippen LogP contribution in [0.5, 0.6) is 0 Å². The molecule has 0 unspecified atom stereocenters. The monoisotopic (exact) mass is 288 g/mol. The summed E-state index contributed by atoms with van der Waals surface area (Å²) in [7, 11) is 1.63. The third-order valence-electron chi connectivity index (χ3n) is 3.12. The smallest absolute Gasteiger partial charge is 0.278 e. The van der Waals surface area contributed by atoms with Crippen LogP contribution in [0.15, 0.2) is 24.3 Å². The van der Waals surface area contributed by atoms with Gasteiger partial charge in [-0.25, -0.2) is 0 Å². The van der Waals surface area contributed by atoms with Crippen LogP contribution in [-0.2, 0) is 11.3 Å². The van der Waals surface area contributed by atoms with Crippen molar-refractivity contribution in [1.29, 1.82) is 0 Å². The van der Waals surface area contributed by atoms with E-state index in [2.05, 4.69) is 15.5 Å². The van der Waals surface area contributed by atoms with Gasteiger partial charge in [-0.1, -0.05) is 26.0 Å². The number of amides is 1. The van der Waals surface area contributed by atoms with E-state index in [9.17, 15) is 4.79 Å². The highest BCUT2D eigenvalue weighted by Gasteiger charge is 2.18. The van der Waals surface area contributed by atoms with Gasteiger partial charge in [0.05, 0.1) is 18.0 Å². The van der Waals surface area contributed by atoms with Gasteiger partial charge in [-0.15, -0.1) is 0 Å². The molecule has 4 N–H and O–H groups in total. The summed E-state index contributed by atoms with van der Waals surface area (Å²) in [6, 6.07) is 7.45. The molecular formula is C15H20N4O2. The molecule has 2 rings (SSSR count). The molecule has 0 spiro atoms. The minimum absolute atomic E-state index is 0.184. The van der Waals surface area contributed by atoms with E-state index >= 15 is 0 Å². The Balaban J connectivity index is 2.16. The van der Waals surface area contributed by atoms with Crippen molar-refractivity contribution >= 4 is 17.3 Å². The predicted molar refractivity (Wildman–Crippen MR) is 82.2 cm³/mol. The van der Waals surface area contributed by atoms with Gasteiger partial charge in [0, 0.05) is 12.8 Å². The summed E-state index contributed by atoms with van der Waals surface area (Å²) >= 11 is 0. The van der Waals surface area contributed by atoms with Crippen molar-refractivity contribution < 1.29 is 9.53 Å². The van der Waals surface area contributed by atoms with Gasteiger partial charge in [0.2, 0.25) is 0 Å². The topological polar surface area (TPSA) is 93.0 Å². The normalized spacial score (nSPS) is 10.9. The quantitative estimate of drug-likeness (QED) is 0.788. The molecule has 112 valence electrons. The highest BCUT2D eigenvalue weighted by atomic mass is 16.5. The molecule has 0 radical (unpaired) electrons. The Hall–Kier alpha value is -2.34. The number of ether oxygens (including phenoxy) is 1. The Morgan fingerprint density at radius 1 is 1.48 bits per heavy atom. The average Bonchev–Trinajstić information content (AvgIpc) is 2.81. The van der Waals surface area contributed by atoms with E-state index in [0.29, 0.717) is 18.0 Å². The number of aromatic nitrogens is 2. The molecule has 6 heteroatoms. The maximum atomic E-state index is 12.2. The lowest BCUT2D eigenvalue weighted by atomic mass is 10.1. The van der Waals surface area contributed by atoms with Gasteiger partial charge in [0.1, 0.15) is 0 Å². The standard InChI is InChI=1S/C15H20N4O2/c1-9(2)13-12(16)14(19-18-13)15(20)17-11-6-4-5-10(7-11)8-21-3/h4-7,9H,8,16H2,1-3H3,(H,17,20)(H,18,19). The first-order chi connectivity index (χ1) is 10.0. The number of nitrogens with zero attached hydrogens (tertiary/aromatic N) is 1. The fourth-order valence-electron chi connectivity index (χ4n) is 2.07. The predicted octanol–water partition coefficient (Wildman–Crippen LogP) is 2.51. The summed E-state index contributed by atoms with van der Waals surface area (Å²) in [6.07, 6.45) is 0. The van der Waals surface area contributed by atoms with Crippen molar-refractivity contribution in [2.24, 2.45) is 0 Å². The number of aromatic amines is 1. The number of carbonyl (C=O) groups excluding carboxylic acids is 1. The van der Waals surface area contributed by atoms with Gasteiger partial charge >= 0.3 is 0 Å². The second kappa shape index (κ2) is 6.41. The number of nitrogens with one attached hydrogen (secondary N) is 2. The third-order valence-corrected chi connectivity index (χ3v) is 3.12. The zero-order valence-corrected chi connectivity index (χ0v) is 12.4. The van der Waals surface area contributed by atoms with Crippen LogP contribution in [0.2, 0.25) is 0 Å². The van der Waals surface area contributed by atoms with Crippen molar-refractivity contribution in [3.8, 4) is 0 Å². The largest absolute Gasteiger partial charge is 0.395 e. The number of hydrogen-bond donors (Lipinski definition) is 3. The summed E-state index contributed by atoms with van der Waals surface area (Å²) in [6.45, 7) is 4.46. The first-order valence-corrected chi connectivity index (χ1v) is 6.76. The molecule has 0 aliphatic carbocycles. The van der Waals surface area contributed by atoms with Gasteiger partial charge < -0.3 is 15.8 Å². The Morgan fingerprint density at radius 2 is 2.24 bits per heavy atom. The lowest BCUT2D eigenvalue weighted by Gasteiger charge is -2.07. The van der Waals surface area contributed by atoms with Crippen molar-refractivity contribution in [3.63, 3.8) is 0 Å². The molecule has 0 aliphatic rings. The lowest BCUT2D eigenvalue weighted by molar-refractivity contribution is 0.102. The van der Waals surface area contributed by atoms with Crippen LogP contribution >= 0.6 is 0 Å². The molecule has 6 nitrogen and oxygen atoms in total. The van der Waals surface area contributed by atoms with E-state index < -0.39 is 0 Å². The van der Waals surface area contributed by atoms with E-state index in [1.807, 2.05) is 38.1 Å². The van der Waals surface area contributed by atoms with Gasteiger partial charge in [-0.05, 0) is 23.6 Å². The van der Waals surface area contributed by atoms with E-state index in [1.165, 1.54) is 0 Å². The van der Waals surface area contributed by atoms with Crippen LogP contribution in [0.4, 0.5) is 11.4 Å². The highest BCUT2D eigenvalue weighted by molar-refractivity contribution is 6.06. The third kappa shape index (κ3) is 3.41. The molecule has 0 bridgehead atoms. The lowest BCUT2D eigenvalue weighted by Crippen LogP contribution is -2.14. The molecule has 21 heavy (non-hydrogen) atoms. The Bertz CT molecular complexity index is 634. The summed E-state index contributed by atoms with van der Waals surface area (Å²) in [5, 5.41) is 9.61. The average molecular weight is 288 g/mol. The number of H-pyrrole nitrogens is 1. The number of hydrogen-bond acceptors (Lipinski definition) is 4. The number of anilines is 2. The molecule has 0 atom stereocenters. The Kier molecular flexibility index (Phi) is 4.59. The maximum absolute atomic E-state index is 12.2. The van der Waals surface area contributed by atoms with Crippen LogP contribution in [0.25, 0.3) is 0 Å². The number of benzene rings is 1. The Labute approximate surface area is 123 Å². The molecule has 0 saturated carbocycles. The fourth-order valence-corrected chi connectivity index (χ4v) is 2.07. The maximum Gasteiger partial charge on any atom is 0.278 e. The van der Waals surface area contributed by atoms with Crippen LogP contribution in [0.3, 0.4) is 0 Å². The number of rotatable bonds is 5. The first-order valence-electron chi connectivity index (χ1n) is 6.76. The first kappa shape index (κ1) is 15.1. The molecule has 1 heterocycles. The zero-order chi connectivity index (χ0) is 15.4. The van der Waals surface area contributed by atoms with E-state index in [4.69, 9.17) is 10.5 Å². The molecule has 2 aromatic rings. The minimum Gasteiger partial charge on any atom is -0.395 e. The molecule has 0 saturated heterocycles. The minimum atomic E-state index is -0.329. The van der Waals surface area contributed by atoms with Crippen molar-refractivity contribution in [2.45, 2.75) is 26.4 Å². The molecule has 1 aromatic carbocycles.